The van der Waals surface area contributed by atoms with Crippen LogP contribution in [-0.4, -0.2) is 228 Å². The van der Waals surface area contributed by atoms with Crippen molar-refractivity contribution in [2.45, 2.75) is 248 Å². The third kappa shape index (κ3) is 64.8. The van der Waals surface area contributed by atoms with Gasteiger partial charge >= 0.3 is 41.8 Å². The summed E-state index contributed by atoms with van der Waals surface area (Å²) < 4.78 is 49.6. The first-order valence-corrected chi connectivity index (χ1v) is 43.4. The van der Waals surface area contributed by atoms with E-state index in [9.17, 15) is 33.6 Å². The lowest BCUT2D eigenvalue weighted by Gasteiger charge is -2.25. The fourth-order valence-corrected chi connectivity index (χ4v) is 14.6. The molecule has 0 fully saturated rings. The van der Waals surface area contributed by atoms with Gasteiger partial charge in [-0.15, -0.1) is 0 Å². The Morgan fingerprint density at radius 3 is 0.848 bits per heavy atom. The molecule has 0 saturated carbocycles. The van der Waals surface area contributed by atoms with Crippen LogP contribution >= 0.6 is 47.0 Å². The largest absolute Gasteiger partial charge is 0.463 e. The Kier molecular flexibility index (Phi) is 70.6. The molecule has 0 aliphatic carbocycles. The molecule has 0 radical (unpaired) electrons. The molecule has 0 aromatic carbocycles. The van der Waals surface area contributed by atoms with Crippen LogP contribution in [0.25, 0.3) is 0 Å². The first kappa shape index (κ1) is 96.5. The SMILES string of the molecule is CCCCCCCCSCC(C)C(=O)OCCOCOCCCN(CCCN(C)CCCN(CCC(=O)OCCOC(=O)C(C)CSCCCCCCCC)CCC(=O)OCCOC(=O)C(C)CSCCCCCCCC)CCC(=O)OCCOC(=O)C(C)CSCCCCCCCC. The van der Waals surface area contributed by atoms with Crippen LogP contribution in [0.3, 0.4) is 0 Å². The number of thioether (sulfide) groups is 4. The molecule has 99 heavy (non-hydrogen) atoms. The molecule has 0 spiro atoms. The van der Waals surface area contributed by atoms with Crippen molar-refractivity contribution in [1.29, 1.82) is 0 Å². The number of hydrogen-bond donors (Lipinski definition) is 0. The summed E-state index contributed by atoms with van der Waals surface area (Å²) in [6.45, 7) is 21.9. The Bertz CT molecular complexity index is 1870. The van der Waals surface area contributed by atoms with E-state index >= 15 is 0 Å². The van der Waals surface area contributed by atoms with Gasteiger partial charge in [0.2, 0.25) is 0 Å². The number of carbonyl (C=O) groups is 7. The first-order valence-electron chi connectivity index (χ1n) is 38.8. The van der Waals surface area contributed by atoms with Gasteiger partial charge in [0.15, 0.2) is 0 Å². The maximum atomic E-state index is 13.0. The van der Waals surface area contributed by atoms with Gasteiger partial charge in [0.05, 0.1) is 56.1 Å². The number of nitrogens with zero attached hydrogens (tertiary/aromatic N) is 3. The second-order valence-electron chi connectivity index (χ2n) is 26.5. The molecule has 0 amide bonds. The predicted molar refractivity (Wildman–Crippen MR) is 411 cm³/mol. The van der Waals surface area contributed by atoms with E-state index in [1.54, 1.807) is 35.3 Å². The van der Waals surface area contributed by atoms with Crippen molar-refractivity contribution in [3.63, 3.8) is 0 Å². The number of hydrogen-bond acceptors (Lipinski definition) is 23. The molecule has 0 rings (SSSR count). The lowest BCUT2D eigenvalue weighted by molar-refractivity contribution is -0.154. The Labute approximate surface area is 619 Å². The summed E-state index contributed by atoms with van der Waals surface area (Å²) in [5, 5.41) is 0. The zero-order chi connectivity index (χ0) is 72.9. The lowest BCUT2D eigenvalue weighted by Crippen LogP contribution is -2.34. The average molecular weight is 1480 g/mol. The Morgan fingerprint density at radius 1 is 0.283 bits per heavy atom. The molecule has 0 aromatic rings. The monoisotopic (exact) mass is 1480 g/mol. The number of esters is 7. The molecule has 582 valence electrons. The molecule has 0 aliphatic rings. The average Bonchev–Trinajstić information content (AvgIpc) is 2.51. The van der Waals surface area contributed by atoms with Gasteiger partial charge in [-0.1, -0.05) is 184 Å². The highest BCUT2D eigenvalue weighted by Crippen LogP contribution is 2.19. The van der Waals surface area contributed by atoms with Crippen molar-refractivity contribution in [2.75, 3.05) is 172 Å². The smallest absolute Gasteiger partial charge is 0.309 e. The molecule has 4 atom stereocenters. The molecular formula is C76H143N3O16S4. The van der Waals surface area contributed by atoms with Gasteiger partial charge < -0.3 is 57.3 Å². The van der Waals surface area contributed by atoms with E-state index in [0.717, 1.165) is 74.0 Å². The summed E-state index contributed by atoms with van der Waals surface area (Å²) in [4.78, 5) is 96.0. The summed E-state index contributed by atoms with van der Waals surface area (Å²) in [5.74, 6) is 3.76. The Balaban J connectivity index is 5.41. The van der Waals surface area contributed by atoms with Crippen LogP contribution in [0, 0.1) is 23.7 Å². The van der Waals surface area contributed by atoms with Crippen LogP contribution in [0.5, 0.6) is 0 Å². The summed E-state index contributed by atoms with van der Waals surface area (Å²) >= 11 is 7.14. The van der Waals surface area contributed by atoms with Crippen molar-refractivity contribution in [3.8, 4) is 0 Å². The van der Waals surface area contributed by atoms with E-state index in [-0.39, 0.29) is 132 Å². The number of carbonyl (C=O) groups excluding carboxylic acids is 7. The third-order valence-electron chi connectivity index (χ3n) is 16.7. The van der Waals surface area contributed by atoms with Crippen LogP contribution < -0.4 is 0 Å². The highest BCUT2D eigenvalue weighted by Gasteiger charge is 2.20. The van der Waals surface area contributed by atoms with E-state index in [1.165, 1.54) is 135 Å². The van der Waals surface area contributed by atoms with E-state index in [2.05, 4.69) is 49.4 Å². The number of ether oxygens (including phenoxy) is 9. The minimum atomic E-state index is -0.426. The normalized spacial score (nSPS) is 12.8. The number of unbranched alkanes of at least 4 members (excludes halogenated alkanes) is 20. The van der Waals surface area contributed by atoms with Gasteiger partial charge in [0, 0.05) is 49.2 Å². The van der Waals surface area contributed by atoms with E-state index in [4.69, 9.17) is 42.6 Å². The number of rotatable bonds is 75. The van der Waals surface area contributed by atoms with Gasteiger partial charge in [0.1, 0.15) is 53.0 Å². The summed E-state index contributed by atoms with van der Waals surface area (Å²) in [5.41, 5.74) is 0. The van der Waals surface area contributed by atoms with E-state index < -0.39 is 11.9 Å². The molecule has 0 aromatic heterocycles. The van der Waals surface area contributed by atoms with Crippen molar-refractivity contribution in [1.82, 2.24) is 14.7 Å². The quantitative estimate of drug-likeness (QED) is 0.0240. The molecule has 0 aliphatic heterocycles. The summed E-state index contributed by atoms with van der Waals surface area (Å²) in [7, 11) is 2.06. The third-order valence-corrected chi connectivity index (χ3v) is 22.0. The van der Waals surface area contributed by atoms with Crippen molar-refractivity contribution >= 4 is 88.8 Å². The highest BCUT2D eigenvalue weighted by molar-refractivity contribution is 7.99. The molecule has 0 N–H and O–H groups in total. The minimum Gasteiger partial charge on any atom is -0.463 e. The molecule has 0 saturated heterocycles. The highest BCUT2D eigenvalue weighted by atomic mass is 32.2. The standard InChI is InChI=1S/C76H143N3O16S4/c1-10-14-18-22-26-30-57-96-61-66(5)73(83)92-50-49-88-65-87-48-36-44-78(45-37-70(80)89-51-54-93-74(84)67(6)62-97-58-31-27-23-19-15-11-2)42-34-40-77(9)41-35-43-79(46-38-71(81)90-52-55-94-75(85)68(7)63-98-59-32-28-24-20-16-12-3)47-39-72(82)91-53-56-95-76(86)69(8)64-99-60-33-29-25-21-17-13-4/h66-69H,10-65H2,1-9H3. The van der Waals surface area contributed by atoms with Crippen LogP contribution in [-0.2, 0) is 76.2 Å². The van der Waals surface area contributed by atoms with Crippen molar-refractivity contribution < 1.29 is 76.2 Å². The van der Waals surface area contributed by atoms with Gasteiger partial charge in [0.25, 0.3) is 0 Å². The van der Waals surface area contributed by atoms with Crippen molar-refractivity contribution in [3.05, 3.63) is 0 Å². The van der Waals surface area contributed by atoms with Gasteiger partial charge in [-0.2, -0.15) is 47.0 Å². The van der Waals surface area contributed by atoms with Crippen LogP contribution in [0.4, 0.5) is 0 Å². The molecule has 19 nitrogen and oxygen atoms in total. The zero-order valence-electron chi connectivity index (χ0n) is 63.9. The van der Waals surface area contributed by atoms with E-state index in [0.29, 0.717) is 69.6 Å². The van der Waals surface area contributed by atoms with Gasteiger partial charge in [-0.25, -0.2) is 0 Å². The maximum absolute atomic E-state index is 13.0. The molecule has 0 heterocycles. The summed E-state index contributed by atoms with van der Waals surface area (Å²) in [6, 6.07) is 0. The minimum absolute atomic E-state index is 0.00286. The molecule has 0 bridgehead atoms. The second kappa shape index (κ2) is 72.4. The fourth-order valence-electron chi connectivity index (χ4n) is 10.4. The van der Waals surface area contributed by atoms with Crippen LogP contribution in [0.2, 0.25) is 0 Å². The Hall–Kier alpha value is -2.51. The Morgan fingerprint density at radius 2 is 0.535 bits per heavy atom. The molecule has 4 unspecified atom stereocenters. The van der Waals surface area contributed by atoms with E-state index in [1.807, 2.05) is 39.5 Å². The van der Waals surface area contributed by atoms with Crippen LogP contribution in [0.1, 0.15) is 248 Å². The maximum Gasteiger partial charge on any atom is 0.309 e. The topological polar surface area (TPSA) is 212 Å². The van der Waals surface area contributed by atoms with Gasteiger partial charge in [-0.05, 0) is 101 Å². The zero-order valence-corrected chi connectivity index (χ0v) is 67.2. The second-order valence-corrected chi connectivity index (χ2v) is 31.1. The fraction of sp³-hybridized carbons (Fsp3) is 0.908. The predicted octanol–water partition coefficient (Wildman–Crippen LogP) is 15.6. The molecular weight excluding hydrogens is 1340 g/mol. The summed E-state index contributed by atoms with van der Waals surface area (Å²) in [6.07, 6.45) is 32.4. The van der Waals surface area contributed by atoms with Gasteiger partial charge in [-0.3, -0.25) is 33.6 Å². The molecule has 23 heteroatoms. The van der Waals surface area contributed by atoms with Crippen LogP contribution in [0.15, 0.2) is 0 Å². The first-order chi connectivity index (χ1) is 48.1. The lowest BCUT2D eigenvalue weighted by atomic mass is 10.1. The van der Waals surface area contributed by atoms with Crippen molar-refractivity contribution in [2.24, 2.45) is 23.7 Å².